The summed E-state index contributed by atoms with van der Waals surface area (Å²) in [5.74, 6) is 2.90. The van der Waals surface area contributed by atoms with Crippen molar-refractivity contribution < 1.29 is 4.74 Å². The molecule has 6 heteroatoms. The molecule has 5 nitrogen and oxygen atoms in total. The van der Waals surface area contributed by atoms with Gasteiger partial charge in [0, 0.05) is 32.7 Å². The molecule has 0 amide bonds. The summed E-state index contributed by atoms with van der Waals surface area (Å²) in [5.41, 5.74) is 0. The number of rotatable bonds is 3. The van der Waals surface area contributed by atoms with E-state index in [1.807, 2.05) is 0 Å². The summed E-state index contributed by atoms with van der Waals surface area (Å²) in [4.78, 5) is 9.72. The SMILES string of the molecule is CCNC(=NCC1CN(C)CCO1)N1CC2CCCCC2C1.I. The molecule has 3 rings (SSSR count). The maximum absolute atomic E-state index is 5.84. The number of halogens is 1. The van der Waals surface area contributed by atoms with E-state index in [-0.39, 0.29) is 30.1 Å². The summed E-state index contributed by atoms with van der Waals surface area (Å²) in [6.45, 7) is 9.13. The normalized spacial score (nSPS) is 32.3. The molecule has 3 aliphatic rings. The van der Waals surface area contributed by atoms with Crippen molar-refractivity contribution in [2.45, 2.75) is 38.7 Å². The minimum absolute atomic E-state index is 0. The highest BCUT2D eigenvalue weighted by Crippen LogP contribution is 2.35. The van der Waals surface area contributed by atoms with E-state index < -0.39 is 0 Å². The van der Waals surface area contributed by atoms with Crippen molar-refractivity contribution in [3.05, 3.63) is 0 Å². The largest absolute Gasteiger partial charge is 0.374 e. The lowest BCUT2D eigenvalue weighted by molar-refractivity contribution is -0.0137. The van der Waals surface area contributed by atoms with Gasteiger partial charge in [-0.15, -0.1) is 24.0 Å². The zero-order valence-electron chi connectivity index (χ0n) is 14.7. The van der Waals surface area contributed by atoms with Crippen LogP contribution in [0.1, 0.15) is 32.6 Å². The fraction of sp³-hybridized carbons (Fsp3) is 0.941. The van der Waals surface area contributed by atoms with Crippen LogP contribution in [0.4, 0.5) is 0 Å². The Labute approximate surface area is 158 Å². The van der Waals surface area contributed by atoms with Gasteiger partial charge < -0.3 is 19.9 Å². The molecular formula is C17H33IN4O. The molecule has 0 spiro atoms. The van der Waals surface area contributed by atoms with Gasteiger partial charge in [-0.2, -0.15) is 0 Å². The highest BCUT2D eigenvalue weighted by atomic mass is 127. The van der Waals surface area contributed by atoms with Gasteiger partial charge >= 0.3 is 0 Å². The van der Waals surface area contributed by atoms with E-state index in [2.05, 4.69) is 29.1 Å². The molecule has 3 fully saturated rings. The van der Waals surface area contributed by atoms with E-state index in [1.54, 1.807) is 0 Å². The number of morpholine rings is 1. The predicted octanol–water partition coefficient (Wildman–Crippen LogP) is 2.02. The lowest BCUT2D eigenvalue weighted by Crippen LogP contribution is -2.44. The second-order valence-corrected chi connectivity index (χ2v) is 7.16. The van der Waals surface area contributed by atoms with E-state index in [0.29, 0.717) is 0 Å². The summed E-state index contributed by atoms with van der Waals surface area (Å²) >= 11 is 0. The number of hydrogen-bond donors (Lipinski definition) is 1. The molecule has 2 aliphatic heterocycles. The fourth-order valence-electron chi connectivity index (χ4n) is 4.17. The average Bonchev–Trinajstić information content (AvgIpc) is 2.95. The summed E-state index contributed by atoms with van der Waals surface area (Å²) in [5, 5.41) is 3.49. The Balaban J connectivity index is 0.00000192. The third kappa shape index (κ3) is 5.19. The minimum atomic E-state index is 0. The van der Waals surface area contributed by atoms with Gasteiger partial charge in [0.05, 0.1) is 19.3 Å². The third-order valence-corrected chi connectivity index (χ3v) is 5.40. The first-order valence-corrected chi connectivity index (χ1v) is 9.09. The minimum Gasteiger partial charge on any atom is -0.374 e. The van der Waals surface area contributed by atoms with Crippen LogP contribution in [-0.2, 0) is 4.74 Å². The number of likely N-dealkylation sites (N-methyl/N-ethyl adjacent to an activating group) is 1. The Morgan fingerprint density at radius 1 is 1.17 bits per heavy atom. The average molecular weight is 436 g/mol. The molecule has 1 saturated carbocycles. The second kappa shape index (κ2) is 9.42. The fourth-order valence-corrected chi connectivity index (χ4v) is 4.17. The molecule has 2 saturated heterocycles. The van der Waals surface area contributed by atoms with E-state index in [4.69, 9.17) is 9.73 Å². The van der Waals surface area contributed by atoms with Gasteiger partial charge in [0.15, 0.2) is 5.96 Å². The first-order valence-electron chi connectivity index (χ1n) is 9.09. The quantitative estimate of drug-likeness (QED) is 0.418. The molecular weight excluding hydrogens is 403 g/mol. The molecule has 0 bridgehead atoms. The number of hydrogen-bond acceptors (Lipinski definition) is 3. The van der Waals surface area contributed by atoms with E-state index in [1.165, 1.54) is 38.8 Å². The van der Waals surface area contributed by atoms with Crippen LogP contribution >= 0.6 is 24.0 Å². The Hall–Kier alpha value is -0.0800. The van der Waals surface area contributed by atoms with E-state index in [0.717, 1.165) is 50.6 Å². The van der Waals surface area contributed by atoms with Gasteiger partial charge in [-0.25, -0.2) is 0 Å². The zero-order valence-corrected chi connectivity index (χ0v) is 17.0. The van der Waals surface area contributed by atoms with Crippen LogP contribution in [0, 0.1) is 11.8 Å². The van der Waals surface area contributed by atoms with E-state index >= 15 is 0 Å². The number of likely N-dealkylation sites (tertiary alicyclic amines) is 1. The zero-order chi connectivity index (χ0) is 15.4. The number of ether oxygens (including phenoxy) is 1. The van der Waals surface area contributed by atoms with Crippen LogP contribution < -0.4 is 5.32 Å². The molecule has 1 N–H and O–H groups in total. The number of nitrogens with one attached hydrogen (secondary N) is 1. The lowest BCUT2D eigenvalue weighted by Gasteiger charge is -2.29. The van der Waals surface area contributed by atoms with E-state index in [9.17, 15) is 0 Å². The Morgan fingerprint density at radius 2 is 1.87 bits per heavy atom. The molecule has 134 valence electrons. The Morgan fingerprint density at radius 3 is 2.48 bits per heavy atom. The maximum atomic E-state index is 5.84. The summed E-state index contributed by atoms with van der Waals surface area (Å²) in [7, 11) is 2.16. The predicted molar refractivity (Wildman–Crippen MR) is 106 cm³/mol. The molecule has 3 unspecified atom stereocenters. The molecule has 2 heterocycles. The summed E-state index contributed by atoms with van der Waals surface area (Å²) < 4.78 is 5.84. The van der Waals surface area contributed by atoms with Crippen molar-refractivity contribution in [2.75, 3.05) is 52.9 Å². The Kier molecular flexibility index (Phi) is 7.88. The van der Waals surface area contributed by atoms with Gasteiger partial charge in [0.2, 0.25) is 0 Å². The monoisotopic (exact) mass is 436 g/mol. The van der Waals surface area contributed by atoms with Crippen LogP contribution in [-0.4, -0.2) is 74.8 Å². The van der Waals surface area contributed by atoms with Crippen LogP contribution in [0.3, 0.4) is 0 Å². The molecule has 0 radical (unpaired) electrons. The second-order valence-electron chi connectivity index (χ2n) is 7.16. The maximum Gasteiger partial charge on any atom is 0.194 e. The van der Waals surface area contributed by atoms with Crippen molar-refractivity contribution >= 4 is 29.9 Å². The summed E-state index contributed by atoms with van der Waals surface area (Å²) in [6.07, 6.45) is 5.92. The van der Waals surface area contributed by atoms with Crippen molar-refractivity contribution in [2.24, 2.45) is 16.8 Å². The smallest absolute Gasteiger partial charge is 0.194 e. The van der Waals surface area contributed by atoms with Crippen molar-refractivity contribution in [1.29, 1.82) is 0 Å². The molecule has 1 aliphatic carbocycles. The van der Waals surface area contributed by atoms with Gasteiger partial charge in [0.1, 0.15) is 0 Å². The standard InChI is InChI=1S/C17H32N4O.HI/c1-3-18-17(19-10-16-13-20(2)8-9-22-16)21-11-14-6-4-5-7-15(14)12-21;/h14-16H,3-13H2,1-2H3,(H,18,19);1H. The number of aliphatic imine (C=N–C) groups is 1. The Bertz CT molecular complexity index is 379. The van der Waals surface area contributed by atoms with Crippen LogP contribution in [0.15, 0.2) is 4.99 Å². The molecule has 0 aromatic heterocycles. The molecule has 0 aromatic rings. The van der Waals surface area contributed by atoms with Crippen molar-refractivity contribution in [3.8, 4) is 0 Å². The molecule has 23 heavy (non-hydrogen) atoms. The number of guanidine groups is 1. The van der Waals surface area contributed by atoms with Crippen LogP contribution in [0.25, 0.3) is 0 Å². The molecule has 0 aromatic carbocycles. The van der Waals surface area contributed by atoms with Gasteiger partial charge in [0.25, 0.3) is 0 Å². The first-order chi connectivity index (χ1) is 10.8. The van der Waals surface area contributed by atoms with Crippen LogP contribution in [0.5, 0.6) is 0 Å². The number of fused-ring (bicyclic) bond motifs is 1. The topological polar surface area (TPSA) is 40.1 Å². The molecule has 3 atom stereocenters. The first kappa shape index (κ1) is 19.2. The lowest BCUT2D eigenvalue weighted by atomic mass is 9.82. The van der Waals surface area contributed by atoms with Gasteiger partial charge in [-0.05, 0) is 38.6 Å². The van der Waals surface area contributed by atoms with Gasteiger partial charge in [-0.1, -0.05) is 12.8 Å². The highest BCUT2D eigenvalue weighted by molar-refractivity contribution is 14.0. The van der Waals surface area contributed by atoms with Crippen molar-refractivity contribution in [3.63, 3.8) is 0 Å². The van der Waals surface area contributed by atoms with Crippen LogP contribution in [0.2, 0.25) is 0 Å². The number of nitrogens with zero attached hydrogens (tertiary/aromatic N) is 3. The highest BCUT2D eigenvalue weighted by Gasteiger charge is 2.35. The van der Waals surface area contributed by atoms with Crippen molar-refractivity contribution in [1.82, 2.24) is 15.1 Å². The van der Waals surface area contributed by atoms with Gasteiger partial charge in [-0.3, -0.25) is 4.99 Å². The summed E-state index contributed by atoms with van der Waals surface area (Å²) in [6, 6.07) is 0. The third-order valence-electron chi connectivity index (χ3n) is 5.40.